The van der Waals surface area contributed by atoms with Gasteiger partial charge in [0.25, 0.3) is 5.91 Å². The number of hydrogen-bond acceptors (Lipinski definition) is 3. The Morgan fingerprint density at radius 2 is 1.69 bits per heavy atom. The van der Waals surface area contributed by atoms with Crippen LogP contribution in [0.2, 0.25) is 0 Å². The van der Waals surface area contributed by atoms with Crippen LogP contribution in [0.4, 0.5) is 0 Å². The first-order valence-electron chi connectivity index (χ1n) is 9.08. The van der Waals surface area contributed by atoms with Crippen molar-refractivity contribution in [1.29, 1.82) is 0 Å². The molecule has 0 unspecified atom stereocenters. The van der Waals surface area contributed by atoms with Crippen LogP contribution in [0.25, 0.3) is 5.69 Å². The third kappa shape index (κ3) is 3.49. The zero-order chi connectivity index (χ0) is 18.8. The highest BCUT2D eigenvalue weighted by atomic mass is 16.2. The van der Waals surface area contributed by atoms with Crippen LogP contribution in [0.15, 0.2) is 30.5 Å². The number of aromatic nitrogens is 2. The van der Waals surface area contributed by atoms with Crippen molar-refractivity contribution in [1.82, 2.24) is 19.6 Å². The average molecular weight is 354 g/mol. The minimum Gasteiger partial charge on any atom is -0.339 e. The Balaban J connectivity index is 1.73. The lowest BCUT2D eigenvalue weighted by Crippen LogP contribution is -2.51. The van der Waals surface area contributed by atoms with E-state index in [-0.39, 0.29) is 17.7 Å². The Morgan fingerprint density at radius 1 is 1.04 bits per heavy atom. The van der Waals surface area contributed by atoms with E-state index in [1.54, 1.807) is 10.9 Å². The number of benzene rings is 1. The standard InChI is InChI=1S/C20H26N4O2/c1-14(2)19(25)22-8-10-23(11-9-22)20(26)18-13-21-24(16(18)4)17-7-5-6-15(3)12-17/h5-7,12-14H,8-11H2,1-4H3. The second-order valence-electron chi connectivity index (χ2n) is 7.17. The van der Waals surface area contributed by atoms with Crippen LogP contribution in [-0.2, 0) is 4.79 Å². The van der Waals surface area contributed by atoms with Gasteiger partial charge in [-0.2, -0.15) is 5.10 Å². The molecule has 6 nitrogen and oxygen atoms in total. The van der Waals surface area contributed by atoms with E-state index in [0.717, 1.165) is 16.9 Å². The fourth-order valence-electron chi connectivity index (χ4n) is 3.31. The van der Waals surface area contributed by atoms with E-state index in [2.05, 4.69) is 5.10 Å². The van der Waals surface area contributed by atoms with E-state index in [1.807, 2.05) is 61.8 Å². The summed E-state index contributed by atoms with van der Waals surface area (Å²) in [6, 6.07) is 8.05. The molecule has 6 heteroatoms. The van der Waals surface area contributed by atoms with Crippen LogP contribution in [0, 0.1) is 19.8 Å². The van der Waals surface area contributed by atoms with Gasteiger partial charge in [0.05, 0.1) is 23.1 Å². The highest BCUT2D eigenvalue weighted by Gasteiger charge is 2.27. The van der Waals surface area contributed by atoms with Crippen molar-refractivity contribution in [3.05, 3.63) is 47.3 Å². The first kappa shape index (κ1) is 18.2. The molecule has 26 heavy (non-hydrogen) atoms. The number of piperazine rings is 1. The third-order valence-electron chi connectivity index (χ3n) is 4.86. The Kier molecular flexibility index (Phi) is 5.11. The highest BCUT2D eigenvalue weighted by Crippen LogP contribution is 2.18. The zero-order valence-corrected chi connectivity index (χ0v) is 15.9. The van der Waals surface area contributed by atoms with Gasteiger partial charge in [0.15, 0.2) is 0 Å². The van der Waals surface area contributed by atoms with Crippen LogP contribution in [-0.4, -0.2) is 57.6 Å². The molecule has 1 aliphatic rings. The summed E-state index contributed by atoms with van der Waals surface area (Å²) in [7, 11) is 0. The number of aryl methyl sites for hydroxylation is 1. The number of carbonyl (C=O) groups is 2. The van der Waals surface area contributed by atoms with Gasteiger partial charge in [-0.1, -0.05) is 26.0 Å². The lowest BCUT2D eigenvalue weighted by atomic mass is 10.1. The molecule has 1 aromatic carbocycles. The summed E-state index contributed by atoms with van der Waals surface area (Å²) in [6.45, 7) is 10.1. The molecular formula is C20H26N4O2. The first-order chi connectivity index (χ1) is 12.4. The predicted molar refractivity (Wildman–Crippen MR) is 100 cm³/mol. The Bertz CT molecular complexity index is 817. The van der Waals surface area contributed by atoms with Crippen molar-refractivity contribution in [2.45, 2.75) is 27.7 Å². The van der Waals surface area contributed by atoms with Gasteiger partial charge in [-0.05, 0) is 31.5 Å². The van der Waals surface area contributed by atoms with Crippen LogP contribution < -0.4 is 0 Å². The van der Waals surface area contributed by atoms with E-state index in [4.69, 9.17) is 0 Å². The van der Waals surface area contributed by atoms with E-state index in [0.29, 0.717) is 31.7 Å². The van der Waals surface area contributed by atoms with E-state index in [9.17, 15) is 9.59 Å². The summed E-state index contributed by atoms with van der Waals surface area (Å²) in [4.78, 5) is 28.7. The average Bonchev–Trinajstić information content (AvgIpc) is 3.02. The molecule has 1 saturated heterocycles. The summed E-state index contributed by atoms with van der Waals surface area (Å²) < 4.78 is 1.80. The molecule has 138 valence electrons. The smallest absolute Gasteiger partial charge is 0.257 e. The van der Waals surface area contributed by atoms with Gasteiger partial charge in [0, 0.05) is 32.1 Å². The molecule has 0 atom stereocenters. The minimum absolute atomic E-state index is 0.00735. The lowest BCUT2D eigenvalue weighted by Gasteiger charge is -2.35. The summed E-state index contributed by atoms with van der Waals surface area (Å²) in [5.74, 6) is 0.130. The maximum Gasteiger partial charge on any atom is 0.257 e. The third-order valence-corrected chi connectivity index (χ3v) is 4.86. The highest BCUT2D eigenvalue weighted by molar-refractivity contribution is 5.95. The normalized spacial score (nSPS) is 14.8. The minimum atomic E-state index is -0.0157. The van der Waals surface area contributed by atoms with Gasteiger partial charge >= 0.3 is 0 Å². The second-order valence-corrected chi connectivity index (χ2v) is 7.17. The topological polar surface area (TPSA) is 58.4 Å². The molecule has 0 aliphatic carbocycles. The molecule has 2 aromatic rings. The van der Waals surface area contributed by atoms with Gasteiger partial charge in [0.2, 0.25) is 5.91 Å². The van der Waals surface area contributed by atoms with Gasteiger partial charge in [-0.25, -0.2) is 4.68 Å². The molecule has 0 N–H and O–H groups in total. The lowest BCUT2D eigenvalue weighted by molar-refractivity contribution is -0.135. The monoisotopic (exact) mass is 354 g/mol. The second kappa shape index (κ2) is 7.32. The molecule has 0 saturated carbocycles. The van der Waals surface area contributed by atoms with Gasteiger partial charge < -0.3 is 9.80 Å². The molecule has 2 amide bonds. The number of hydrogen-bond donors (Lipinski definition) is 0. The van der Waals surface area contributed by atoms with E-state index < -0.39 is 0 Å². The molecule has 1 aromatic heterocycles. The number of nitrogens with zero attached hydrogens (tertiary/aromatic N) is 4. The van der Waals surface area contributed by atoms with Crippen molar-refractivity contribution in [2.75, 3.05) is 26.2 Å². The predicted octanol–water partition coefficient (Wildman–Crippen LogP) is 2.43. The van der Waals surface area contributed by atoms with Crippen molar-refractivity contribution in [3.8, 4) is 5.69 Å². The van der Waals surface area contributed by atoms with Crippen molar-refractivity contribution in [3.63, 3.8) is 0 Å². The molecular weight excluding hydrogens is 328 g/mol. The fourth-order valence-corrected chi connectivity index (χ4v) is 3.31. The van der Waals surface area contributed by atoms with Gasteiger partial charge in [-0.3, -0.25) is 9.59 Å². The van der Waals surface area contributed by atoms with Gasteiger partial charge in [-0.15, -0.1) is 0 Å². The first-order valence-corrected chi connectivity index (χ1v) is 9.08. The van der Waals surface area contributed by atoms with Crippen molar-refractivity contribution >= 4 is 11.8 Å². The summed E-state index contributed by atoms with van der Waals surface area (Å²) in [5.41, 5.74) is 3.56. The number of carbonyl (C=O) groups excluding carboxylic acids is 2. The Morgan fingerprint density at radius 3 is 2.31 bits per heavy atom. The summed E-state index contributed by atoms with van der Waals surface area (Å²) >= 11 is 0. The molecule has 0 bridgehead atoms. The SMILES string of the molecule is Cc1cccc(-n2ncc(C(=O)N3CCN(C(=O)C(C)C)CC3)c2C)c1. The zero-order valence-electron chi connectivity index (χ0n) is 15.9. The maximum atomic E-state index is 12.9. The number of rotatable bonds is 3. The van der Waals surface area contributed by atoms with Crippen molar-refractivity contribution in [2.24, 2.45) is 5.92 Å². The molecule has 0 spiro atoms. The maximum absolute atomic E-state index is 12.9. The Hall–Kier alpha value is -2.63. The molecule has 1 fully saturated rings. The van der Waals surface area contributed by atoms with E-state index >= 15 is 0 Å². The summed E-state index contributed by atoms with van der Waals surface area (Å²) in [5, 5.41) is 4.41. The number of amides is 2. The molecule has 3 rings (SSSR count). The quantitative estimate of drug-likeness (QED) is 0.851. The fraction of sp³-hybridized carbons (Fsp3) is 0.450. The van der Waals surface area contributed by atoms with Crippen LogP contribution in [0.5, 0.6) is 0 Å². The van der Waals surface area contributed by atoms with Crippen molar-refractivity contribution < 1.29 is 9.59 Å². The van der Waals surface area contributed by atoms with Crippen LogP contribution in [0.1, 0.15) is 35.5 Å². The van der Waals surface area contributed by atoms with Crippen LogP contribution >= 0.6 is 0 Å². The molecule has 2 heterocycles. The van der Waals surface area contributed by atoms with Crippen LogP contribution in [0.3, 0.4) is 0 Å². The summed E-state index contributed by atoms with van der Waals surface area (Å²) in [6.07, 6.45) is 1.64. The molecule has 1 aliphatic heterocycles. The Labute approximate surface area is 154 Å². The molecule has 0 radical (unpaired) electrons. The van der Waals surface area contributed by atoms with E-state index in [1.165, 1.54) is 0 Å². The largest absolute Gasteiger partial charge is 0.339 e. The van der Waals surface area contributed by atoms with Gasteiger partial charge in [0.1, 0.15) is 0 Å².